The highest BCUT2D eigenvalue weighted by Gasteiger charge is 2.20. The third kappa shape index (κ3) is 21.0. The van der Waals surface area contributed by atoms with Gasteiger partial charge in [-0.05, 0) is 179 Å². The summed E-state index contributed by atoms with van der Waals surface area (Å²) in [5, 5.41) is 46.7. The van der Waals surface area contributed by atoms with E-state index in [1.165, 1.54) is 11.3 Å². The number of rotatable bonds is 24. The molecule has 20 aromatic rings. The Bertz CT molecular complexity index is 7340. The number of hydrogen-bond donors (Lipinski definition) is 9. The number of H-pyrrole nitrogens is 2. The molecule has 0 amide bonds. The quantitative estimate of drug-likeness (QED) is 0.0271. The van der Waals surface area contributed by atoms with Gasteiger partial charge in [-0.2, -0.15) is 29.9 Å². The smallest absolute Gasteiger partial charge is 0.347 e. The number of aliphatic hydroxyl groups is 3. The van der Waals surface area contributed by atoms with Crippen LogP contribution in [0.5, 0.6) is 23.0 Å². The van der Waals surface area contributed by atoms with Gasteiger partial charge in [0.15, 0.2) is 17.5 Å². The fourth-order valence-corrected chi connectivity index (χ4v) is 15.1. The number of fused-ring (bicyclic) bond motifs is 5. The van der Waals surface area contributed by atoms with Crippen molar-refractivity contribution in [2.75, 3.05) is 49.7 Å². The van der Waals surface area contributed by atoms with Crippen LogP contribution in [-0.2, 0) is 32.7 Å². The molecule has 0 bridgehead atoms. The van der Waals surface area contributed by atoms with Gasteiger partial charge in [0, 0.05) is 70.3 Å². The number of thiophene rings is 1. The molecule has 12 aromatic carbocycles. The maximum absolute atomic E-state index is 12.3. The van der Waals surface area contributed by atoms with Crippen molar-refractivity contribution in [3.63, 3.8) is 0 Å². The van der Waals surface area contributed by atoms with Crippen molar-refractivity contribution in [1.29, 1.82) is 0 Å². The van der Waals surface area contributed by atoms with E-state index in [0.717, 1.165) is 93.5 Å². The first-order chi connectivity index (χ1) is 64.6. The second-order valence-corrected chi connectivity index (χ2v) is 30.7. The largest absolute Gasteiger partial charge is 0.497 e. The average molecular weight is 1770 g/mol. The van der Waals surface area contributed by atoms with Crippen LogP contribution in [0.25, 0.3) is 110 Å². The number of para-hydroxylation sites is 5. The van der Waals surface area contributed by atoms with E-state index in [0.29, 0.717) is 121 Å². The van der Waals surface area contributed by atoms with Crippen LogP contribution in [0.2, 0.25) is 0 Å². The van der Waals surface area contributed by atoms with Gasteiger partial charge in [0.1, 0.15) is 34.6 Å². The molecule has 132 heavy (non-hydrogen) atoms. The lowest BCUT2D eigenvalue weighted by atomic mass is 10.0. The van der Waals surface area contributed by atoms with E-state index in [4.69, 9.17) is 43.3 Å². The summed E-state index contributed by atoms with van der Waals surface area (Å²) in [4.78, 5) is 103. The van der Waals surface area contributed by atoms with E-state index in [1.807, 2.05) is 267 Å². The van der Waals surface area contributed by atoms with Crippen LogP contribution in [0.4, 0.5) is 46.5 Å². The summed E-state index contributed by atoms with van der Waals surface area (Å²) < 4.78 is 27.1. The molecule has 0 fully saturated rings. The lowest BCUT2D eigenvalue weighted by molar-refractivity contribution is 0.281. The van der Waals surface area contributed by atoms with E-state index < -0.39 is 5.63 Å². The van der Waals surface area contributed by atoms with Gasteiger partial charge in [-0.25, -0.2) is 39.7 Å². The molecule has 0 radical (unpaired) electrons. The van der Waals surface area contributed by atoms with Gasteiger partial charge in [-0.1, -0.05) is 140 Å². The molecule has 31 heteroatoms. The first-order valence-corrected chi connectivity index (χ1v) is 42.2. The van der Waals surface area contributed by atoms with E-state index in [2.05, 4.69) is 76.1 Å². The highest BCUT2D eigenvalue weighted by Crippen LogP contribution is 2.37. The Hall–Kier alpha value is -17.3. The van der Waals surface area contributed by atoms with Crippen LogP contribution in [0.15, 0.2) is 322 Å². The fourth-order valence-electron chi connectivity index (χ4n) is 14.2. The Morgan fingerprint density at radius 2 is 0.803 bits per heavy atom. The zero-order valence-corrected chi connectivity index (χ0v) is 72.0. The molecule has 0 saturated heterocycles. The number of anilines is 8. The average Bonchev–Trinajstić information content (AvgIpc) is 1.57. The van der Waals surface area contributed by atoms with Crippen molar-refractivity contribution in [2.45, 2.75) is 32.7 Å². The number of benzene rings is 12. The minimum atomic E-state index is -0.438. The zero-order valence-electron chi connectivity index (χ0n) is 71.2. The Kier molecular flexibility index (Phi) is 26.7. The van der Waals surface area contributed by atoms with Crippen LogP contribution < -0.4 is 57.0 Å². The summed E-state index contributed by atoms with van der Waals surface area (Å²) in [6, 6.07) is 90.0. The third-order valence-electron chi connectivity index (χ3n) is 20.7. The molecule has 0 aliphatic carbocycles. The maximum Gasteiger partial charge on any atom is 0.347 e. The Balaban J connectivity index is 0.000000147. The number of nitrogens with one attached hydrogen (secondary N) is 6. The number of aromatic nitrogens is 15. The standard InChI is InChI=1S/C50H48N10O6.C20H12N4O2S.C16H9N3O2.C15H12N2O/c1-64-40-14-6-9-32(22-40)24-46-56-48(52-39-13-7-15-41(27-39)65-2)60-50(58-46)54-43-19-17-36(26-44(43)66-3)35-16-18-42(37(25-35)30-63)53-49-57-45(23-31-8-4-10-33(20-31)28-61)55-47(59-49)51-38-12-5-11-34(21-38)29-62;25-19-11-5-1-3-7-13(11)21-17(23-19)15-9-10-16(27-15)18-22-14-8-4-2-6-12(14)20(26)24-18;20-16-11-6-2-4-8-13(11)19-15(21-16)14-17-9-10-5-1-3-7-12(10)18-14;1-18-13-8-6-11(7-9-13)15-16-10-12-4-2-3-5-14(12)17-15/h4-22,25-27,61-63H,23-24,28-30H2,1-3H3,(H2,51,53,55,57,59)(H2,52,54,56,58,60);1-10H,(H,21,23,25)(H,22,24,26);1-9H;2-10H,1H3. The highest BCUT2D eigenvalue weighted by molar-refractivity contribution is 7.18. The lowest BCUT2D eigenvalue weighted by Crippen LogP contribution is -2.09. The molecule has 8 heterocycles. The topological polar surface area (TPSA) is 409 Å². The molecular formula is C101H81N19O11S. The molecule has 0 unspecified atom stereocenters. The highest BCUT2D eigenvalue weighted by atomic mass is 32.1. The maximum atomic E-state index is 12.3. The van der Waals surface area contributed by atoms with Crippen LogP contribution in [-0.4, -0.2) is 119 Å². The van der Waals surface area contributed by atoms with Gasteiger partial charge < -0.3 is 69.9 Å². The van der Waals surface area contributed by atoms with E-state index in [9.17, 15) is 29.7 Å². The Morgan fingerprint density at radius 1 is 0.348 bits per heavy atom. The molecule has 9 N–H and O–H groups in total. The normalized spacial score (nSPS) is 10.9. The van der Waals surface area contributed by atoms with Crippen LogP contribution in [0.1, 0.15) is 39.5 Å². The minimum Gasteiger partial charge on any atom is -0.497 e. The fraction of sp³-hybridized carbons (Fsp3) is 0.0891. The monoisotopic (exact) mass is 1770 g/mol. The SMILES string of the molecule is COc1ccc(-c2ncc3ccccc3n2)cc1.COc1cccc(Cc2nc(Nc3cccc(OC)c3)nc(Nc3ccc(-c4ccc(Nc5nc(Cc6cccc(CO)c6)nc(Nc6cccc(CO)c6)n5)c(CO)c4)cc3OC)n2)c1.O=c1[nH]c(-c2ccc(-c3nc4ccccc4c(=O)[nH]3)s2)nc2ccccc12.O=c1oc(-c2ncc3ccccc3n2)nc2ccccc12. The van der Waals surface area contributed by atoms with E-state index in [1.54, 1.807) is 65.0 Å². The lowest BCUT2D eigenvalue weighted by Gasteiger charge is -2.16. The first-order valence-electron chi connectivity index (χ1n) is 41.4. The summed E-state index contributed by atoms with van der Waals surface area (Å²) >= 11 is 1.41. The number of aliphatic hydroxyl groups excluding tert-OH is 3. The van der Waals surface area contributed by atoms with Crippen molar-refractivity contribution in [1.82, 2.24) is 74.8 Å². The van der Waals surface area contributed by atoms with Crippen molar-refractivity contribution in [2.24, 2.45) is 0 Å². The first kappa shape index (κ1) is 86.8. The molecule has 652 valence electrons. The van der Waals surface area contributed by atoms with Crippen LogP contribution in [0, 0.1) is 0 Å². The van der Waals surface area contributed by atoms with Gasteiger partial charge in [0.05, 0.1) is 107 Å². The molecular weight excluding hydrogens is 1690 g/mol. The molecule has 8 aromatic heterocycles. The number of methoxy groups -OCH3 is 4. The number of nitrogens with zero attached hydrogens (tertiary/aromatic N) is 13. The van der Waals surface area contributed by atoms with Crippen molar-refractivity contribution in [3.05, 3.63) is 374 Å². The molecule has 0 saturated carbocycles. The second kappa shape index (κ2) is 40.6. The third-order valence-corrected chi connectivity index (χ3v) is 21.8. The van der Waals surface area contributed by atoms with Crippen LogP contribution >= 0.6 is 11.3 Å². The minimum absolute atomic E-state index is 0.0848. The van der Waals surface area contributed by atoms with Crippen molar-refractivity contribution >= 4 is 112 Å². The predicted molar refractivity (Wildman–Crippen MR) is 511 cm³/mol. The van der Waals surface area contributed by atoms with Crippen molar-refractivity contribution < 1.29 is 38.7 Å². The number of ether oxygens (including phenoxy) is 4. The Labute approximate surface area is 756 Å². The van der Waals surface area contributed by atoms with E-state index in [-0.39, 0.29) is 48.7 Å². The van der Waals surface area contributed by atoms with Crippen LogP contribution in [0.3, 0.4) is 0 Å². The predicted octanol–water partition coefficient (Wildman–Crippen LogP) is 18.0. The summed E-state index contributed by atoms with van der Waals surface area (Å²) in [7, 11) is 6.49. The van der Waals surface area contributed by atoms with Crippen molar-refractivity contribution in [3.8, 4) is 78.6 Å². The van der Waals surface area contributed by atoms with E-state index >= 15 is 0 Å². The molecule has 30 nitrogen and oxygen atoms in total. The summed E-state index contributed by atoms with van der Waals surface area (Å²) in [5.41, 5.74) is 12.1. The van der Waals surface area contributed by atoms with Gasteiger partial charge in [0.25, 0.3) is 17.0 Å². The molecule has 0 atom stereocenters. The van der Waals surface area contributed by atoms with Gasteiger partial charge in [-0.15, -0.1) is 11.3 Å². The summed E-state index contributed by atoms with van der Waals surface area (Å²) in [6.07, 6.45) is 4.33. The summed E-state index contributed by atoms with van der Waals surface area (Å²) in [6.45, 7) is -0.474. The van der Waals surface area contributed by atoms with Gasteiger partial charge in [-0.3, -0.25) is 9.59 Å². The summed E-state index contributed by atoms with van der Waals surface area (Å²) in [5.74, 6) is 7.11. The van der Waals surface area contributed by atoms with Gasteiger partial charge >= 0.3 is 5.63 Å². The molecule has 0 aliphatic heterocycles. The molecule has 20 rings (SSSR count). The number of hydrogen-bond acceptors (Lipinski definition) is 29. The zero-order chi connectivity index (χ0) is 90.8. The van der Waals surface area contributed by atoms with Gasteiger partial charge in [0.2, 0.25) is 29.6 Å². The molecule has 0 aliphatic rings. The Morgan fingerprint density at radius 3 is 1.38 bits per heavy atom. The number of aromatic amines is 2. The second-order valence-electron chi connectivity index (χ2n) is 29.6. The molecule has 0 spiro atoms.